The summed E-state index contributed by atoms with van der Waals surface area (Å²) < 4.78 is 17.1. The molecule has 4 rings (SSSR count). The van der Waals surface area contributed by atoms with Crippen molar-refractivity contribution in [1.82, 2.24) is 4.90 Å². The van der Waals surface area contributed by atoms with Gasteiger partial charge in [-0.3, -0.25) is 4.79 Å². The van der Waals surface area contributed by atoms with Crippen LogP contribution in [-0.2, 0) is 17.8 Å². The number of carbonyl (C=O) groups is 1. The first-order valence-electron chi connectivity index (χ1n) is 9.04. The third-order valence-corrected chi connectivity index (χ3v) is 5.00. The van der Waals surface area contributed by atoms with E-state index < -0.39 is 0 Å². The first kappa shape index (κ1) is 16.8. The second-order valence-corrected chi connectivity index (χ2v) is 6.73. The fourth-order valence-electron chi connectivity index (χ4n) is 3.66. The number of hydrogen-bond donors (Lipinski definition) is 0. The quantitative estimate of drug-likeness (QED) is 0.833. The van der Waals surface area contributed by atoms with E-state index in [2.05, 4.69) is 0 Å². The molecule has 1 amide bonds. The Morgan fingerprint density at radius 3 is 2.85 bits per heavy atom. The summed E-state index contributed by atoms with van der Waals surface area (Å²) in [5.74, 6) is 2.37. The van der Waals surface area contributed by atoms with Gasteiger partial charge in [0.05, 0.1) is 19.6 Å². The third kappa shape index (κ3) is 3.21. The van der Waals surface area contributed by atoms with Crippen molar-refractivity contribution >= 4 is 5.91 Å². The molecule has 136 valence electrons. The Morgan fingerprint density at radius 1 is 1.12 bits per heavy atom. The maximum atomic E-state index is 13.2. The molecule has 2 aromatic carbocycles. The van der Waals surface area contributed by atoms with Crippen molar-refractivity contribution in [2.75, 3.05) is 26.9 Å². The topological polar surface area (TPSA) is 48.0 Å². The van der Waals surface area contributed by atoms with Crippen LogP contribution in [0.3, 0.4) is 0 Å². The van der Waals surface area contributed by atoms with E-state index in [1.807, 2.05) is 47.4 Å². The molecule has 0 saturated carbocycles. The Bertz CT molecular complexity index is 804. The molecule has 0 aromatic heterocycles. The lowest BCUT2D eigenvalue weighted by Gasteiger charge is -2.32. The van der Waals surface area contributed by atoms with Crippen LogP contribution in [0.2, 0.25) is 0 Å². The molecule has 2 aromatic rings. The van der Waals surface area contributed by atoms with Crippen LogP contribution in [0.25, 0.3) is 0 Å². The maximum Gasteiger partial charge on any atom is 0.229 e. The van der Waals surface area contributed by atoms with Gasteiger partial charge in [0.15, 0.2) is 11.5 Å². The summed E-state index contributed by atoms with van der Waals surface area (Å²) in [4.78, 5) is 15.1. The molecular weight excluding hydrogens is 330 g/mol. The average molecular weight is 353 g/mol. The maximum absolute atomic E-state index is 13.2. The zero-order chi connectivity index (χ0) is 17.9. The molecule has 0 fully saturated rings. The summed E-state index contributed by atoms with van der Waals surface area (Å²) in [6.07, 6.45) is 1.53. The molecule has 26 heavy (non-hydrogen) atoms. The van der Waals surface area contributed by atoms with Gasteiger partial charge in [0.1, 0.15) is 12.4 Å². The van der Waals surface area contributed by atoms with E-state index >= 15 is 0 Å². The van der Waals surface area contributed by atoms with Crippen LogP contribution in [0.15, 0.2) is 42.5 Å². The summed E-state index contributed by atoms with van der Waals surface area (Å²) in [5.41, 5.74) is 2.09. The van der Waals surface area contributed by atoms with Crippen LogP contribution in [0.1, 0.15) is 17.5 Å². The van der Waals surface area contributed by atoms with Crippen molar-refractivity contribution in [3.05, 3.63) is 53.6 Å². The van der Waals surface area contributed by atoms with E-state index in [4.69, 9.17) is 14.2 Å². The van der Waals surface area contributed by atoms with Gasteiger partial charge in [0, 0.05) is 18.7 Å². The summed E-state index contributed by atoms with van der Waals surface area (Å²) >= 11 is 0. The van der Waals surface area contributed by atoms with Gasteiger partial charge in [0.2, 0.25) is 5.91 Å². The normalized spacial score (nSPS) is 19.1. The fraction of sp³-hybridized carbons (Fsp3) is 0.381. The summed E-state index contributed by atoms with van der Waals surface area (Å²) in [5, 5.41) is 0. The smallest absolute Gasteiger partial charge is 0.229 e. The van der Waals surface area contributed by atoms with E-state index in [1.165, 1.54) is 0 Å². The zero-order valence-electron chi connectivity index (χ0n) is 14.9. The van der Waals surface area contributed by atoms with E-state index in [9.17, 15) is 4.79 Å². The predicted molar refractivity (Wildman–Crippen MR) is 97.7 cm³/mol. The number of rotatable bonds is 2. The molecule has 5 nitrogen and oxygen atoms in total. The van der Waals surface area contributed by atoms with Crippen LogP contribution in [-0.4, -0.2) is 37.7 Å². The highest BCUT2D eigenvalue weighted by atomic mass is 16.5. The van der Waals surface area contributed by atoms with Crippen LogP contribution < -0.4 is 14.2 Å². The predicted octanol–water partition coefficient (Wildman–Crippen LogP) is 3.06. The highest BCUT2D eigenvalue weighted by molar-refractivity contribution is 5.80. The molecule has 0 aliphatic carbocycles. The highest BCUT2D eigenvalue weighted by Crippen LogP contribution is 2.34. The molecule has 0 saturated heterocycles. The summed E-state index contributed by atoms with van der Waals surface area (Å²) in [6, 6.07) is 13.8. The second-order valence-electron chi connectivity index (χ2n) is 6.73. The molecule has 0 N–H and O–H groups in total. The Kier molecular flexibility index (Phi) is 4.69. The van der Waals surface area contributed by atoms with E-state index in [-0.39, 0.29) is 11.8 Å². The molecule has 0 radical (unpaired) electrons. The van der Waals surface area contributed by atoms with Gasteiger partial charge in [-0.1, -0.05) is 30.3 Å². The van der Waals surface area contributed by atoms with Crippen molar-refractivity contribution in [2.24, 2.45) is 5.92 Å². The van der Waals surface area contributed by atoms with Crippen LogP contribution in [0.5, 0.6) is 17.2 Å². The lowest BCUT2D eigenvalue weighted by atomic mass is 9.95. The Labute approximate surface area is 153 Å². The zero-order valence-corrected chi connectivity index (χ0v) is 14.9. The number of ether oxygens (including phenoxy) is 3. The van der Waals surface area contributed by atoms with Gasteiger partial charge < -0.3 is 19.1 Å². The van der Waals surface area contributed by atoms with Gasteiger partial charge in [0.25, 0.3) is 0 Å². The second kappa shape index (κ2) is 7.28. The molecule has 1 atom stereocenters. The van der Waals surface area contributed by atoms with Crippen LogP contribution >= 0.6 is 0 Å². The molecule has 2 aliphatic rings. The van der Waals surface area contributed by atoms with Crippen molar-refractivity contribution in [1.29, 1.82) is 0 Å². The minimum atomic E-state index is -0.140. The Hall–Kier alpha value is -2.69. The van der Waals surface area contributed by atoms with Gasteiger partial charge in [-0.25, -0.2) is 0 Å². The number of benzene rings is 2. The highest BCUT2D eigenvalue weighted by Gasteiger charge is 2.30. The Morgan fingerprint density at radius 2 is 1.96 bits per heavy atom. The molecule has 0 bridgehead atoms. The molecule has 2 heterocycles. The van der Waals surface area contributed by atoms with Gasteiger partial charge >= 0.3 is 0 Å². The molecule has 2 aliphatic heterocycles. The Balaban J connectivity index is 1.54. The van der Waals surface area contributed by atoms with Crippen LogP contribution in [0.4, 0.5) is 0 Å². The van der Waals surface area contributed by atoms with Crippen molar-refractivity contribution < 1.29 is 19.0 Å². The largest absolute Gasteiger partial charge is 0.493 e. The van der Waals surface area contributed by atoms with Crippen LogP contribution in [0, 0.1) is 5.92 Å². The molecule has 5 heteroatoms. The number of amides is 1. The fourth-order valence-corrected chi connectivity index (χ4v) is 3.66. The van der Waals surface area contributed by atoms with Gasteiger partial charge in [-0.2, -0.15) is 0 Å². The third-order valence-electron chi connectivity index (χ3n) is 5.00. The number of carbonyl (C=O) groups excluding carboxylic acids is 1. The van der Waals surface area contributed by atoms with E-state index in [0.717, 1.165) is 35.5 Å². The van der Waals surface area contributed by atoms with Crippen molar-refractivity contribution in [3.63, 3.8) is 0 Å². The SMILES string of the molecule is COc1cccc2c1OCCCN(C(=O)C1COc3ccccc3C1)C2. The molecular formula is C21H23NO4. The van der Waals surface area contributed by atoms with Crippen molar-refractivity contribution in [2.45, 2.75) is 19.4 Å². The van der Waals surface area contributed by atoms with E-state index in [1.54, 1.807) is 7.11 Å². The van der Waals surface area contributed by atoms with Crippen molar-refractivity contribution in [3.8, 4) is 17.2 Å². The number of fused-ring (bicyclic) bond motifs is 2. The van der Waals surface area contributed by atoms with E-state index in [0.29, 0.717) is 32.1 Å². The first-order chi connectivity index (χ1) is 12.8. The number of nitrogens with zero attached hydrogens (tertiary/aromatic N) is 1. The number of para-hydroxylation sites is 2. The average Bonchev–Trinajstić information content (AvgIpc) is 2.67. The van der Waals surface area contributed by atoms with Gasteiger partial charge in [-0.15, -0.1) is 0 Å². The monoisotopic (exact) mass is 353 g/mol. The lowest BCUT2D eigenvalue weighted by molar-refractivity contribution is -0.137. The van der Waals surface area contributed by atoms with Gasteiger partial charge in [-0.05, 0) is 30.5 Å². The summed E-state index contributed by atoms with van der Waals surface area (Å²) in [7, 11) is 1.64. The molecule has 1 unspecified atom stereocenters. The number of methoxy groups -OCH3 is 1. The number of hydrogen-bond acceptors (Lipinski definition) is 4. The minimum absolute atomic E-state index is 0.140. The molecule has 0 spiro atoms. The first-order valence-corrected chi connectivity index (χ1v) is 9.04. The minimum Gasteiger partial charge on any atom is -0.493 e. The standard InChI is InChI=1S/C21H23NO4/c1-24-19-9-4-7-16-13-22(10-5-11-25-20(16)19)21(23)17-12-15-6-2-3-8-18(15)26-14-17/h2-4,6-9,17H,5,10-14H2,1H3. The lowest BCUT2D eigenvalue weighted by Crippen LogP contribution is -2.41. The summed E-state index contributed by atoms with van der Waals surface area (Å²) in [6.45, 7) is 2.23.